The van der Waals surface area contributed by atoms with Gasteiger partial charge in [-0.3, -0.25) is 15.2 Å². The molecular formula is C19H17N7O5. The van der Waals surface area contributed by atoms with Crippen molar-refractivity contribution in [2.75, 3.05) is 14.2 Å². The molecule has 0 bridgehead atoms. The molecule has 1 aliphatic heterocycles. The van der Waals surface area contributed by atoms with Crippen LogP contribution in [0.25, 0.3) is 5.69 Å². The number of aromatic amines is 1. The lowest BCUT2D eigenvalue weighted by Crippen LogP contribution is -2.21. The number of benzene rings is 1. The number of ether oxygens (including phenoxy) is 3. The molecule has 0 saturated carbocycles. The van der Waals surface area contributed by atoms with E-state index in [1.807, 2.05) is 0 Å². The van der Waals surface area contributed by atoms with E-state index in [2.05, 4.69) is 21.4 Å². The van der Waals surface area contributed by atoms with E-state index in [9.17, 15) is 15.4 Å². The van der Waals surface area contributed by atoms with E-state index in [1.165, 1.54) is 25.1 Å². The third kappa shape index (κ3) is 3.32. The molecule has 12 heteroatoms. The maximum absolute atomic E-state index is 11.1. The number of nitro groups is 1. The molecule has 31 heavy (non-hydrogen) atoms. The Labute approximate surface area is 175 Å². The van der Waals surface area contributed by atoms with E-state index >= 15 is 0 Å². The molecule has 0 spiro atoms. The summed E-state index contributed by atoms with van der Waals surface area (Å²) < 4.78 is 17.5. The summed E-state index contributed by atoms with van der Waals surface area (Å²) >= 11 is 0. The Balaban J connectivity index is 1.90. The first-order valence-corrected chi connectivity index (χ1v) is 8.99. The minimum Gasteiger partial charge on any atom is -0.494 e. The summed E-state index contributed by atoms with van der Waals surface area (Å²) in [5, 5.41) is 31.9. The third-order valence-corrected chi connectivity index (χ3v) is 4.87. The van der Waals surface area contributed by atoms with Crippen LogP contribution in [0, 0.1) is 21.4 Å². The maximum atomic E-state index is 11.1. The highest BCUT2D eigenvalue weighted by Gasteiger charge is 2.35. The van der Waals surface area contributed by atoms with E-state index in [4.69, 9.17) is 19.9 Å². The predicted molar refractivity (Wildman–Crippen MR) is 105 cm³/mol. The van der Waals surface area contributed by atoms with Crippen LogP contribution >= 0.6 is 0 Å². The predicted octanol–water partition coefficient (Wildman–Crippen LogP) is 1.88. The summed E-state index contributed by atoms with van der Waals surface area (Å²) in [5.41, 5.74) is 8.40. The van der Waals surface area contributed by atoms with Gasteiger partial charge in [-0.25, -0.2) is 4.68 Å². The second-order valence-corrected chi connectivity index (χ2v) is 6.61. The van der Waals surface area contributed by atoms with E-state index in [-0.39, 0.29) is 29.6 Å². The number of hydrogen-bond donors (Lipinski definition) is 2. The van der Waals surface area contributed by atoms with Gasteiger partial charge in [-0.05, 0) is 17.7 Å². The Kier molecular flexibility index (Phi) is 5.02. The Bertz CT molecular complexity index is 1240. The fourth-order valence-corrected chi connectivity index (χ4v) is 3.50. The van der Waals surface area contributed by atoms with Crippen molar-refractivity contribution in [2.24, 2.45) is 5.73 Å². The number of nitrogens with two attached hydrogens (primary N) is 1. The number of rotatable bonds is 6. The molecule has 4 rings (SSSR count). The smallest absolute Gasteiger partial charge is 0.307 e. The second-order valence-electron chi connectivity index (χ2n) is 6.61. The summed E-state index contributed by atoms with van der Waals surface area (Å²) in [4.78, 5) is 10.5. The summed E-state index contributed by atoms with van der Waals surface area (Å²) in [5.74, 6) is 0.0323. The lowest BCUT2D eigenvalue weighted by Gasteiger charge is -2.24. The highest BCUT2D eigenvalue weighted by atomic mass is 16.6. The SMILES string of the molecule is COCc1[nH]nc2c1C(c1ccc(OC)c(-n3cc([N+](=O)[O-])cn3)c1)C(C#N)=C(N)O2. The molecule has 0 radical (unpaired) electrons. The minimum absolute atomic E-state index is 0.0532. The average molecular weight is 423 g/mol. The zero-order chi connectivity index (χ0) is 22.1. The number of allylic oxidation sites excluding steroid dienone is 1. The minimum atomic E-state index is -0.604. The van der Waals surface area contributed by atoms with Crippen LogP contribution in [0.2, 0.25) is 0 Å². The van der Waals surface area contributed by atoms with Crippen molar-refractivity contribution in [1.82, 2.24) is 20.0 Å². The Morgan fingerprint density at radius 3 is 2.90 bits per heavy atom. The fourth-order valence-electron chi connectivity index (χ4n) is 3.50. The number of H-pyrrole nitrogens is 1. The van der Waals surface area contributed by atoms with Gasteiger partial charge in [-0.1, -0.05) is 6.07 Å². The molecule has 3 aromatic rings. The van der Waals surface area contributed by atoms with Crippen LogP contribution in [0.3, 0.4) is 0 Å². The number of fused-ring (bicyclic) bond motifs is 1. The first-order valence-electron chi connectivity index (χ1n) is 8.99. The van der Waals surface area contributed by atoms with Crippen LogP contribution in [0.5, 0.6) is 11.6 Å². The number of nitrogens with one attached hydrogen (secondary N) is 1. The van der Waals surface area contributed by atoms with Gasteiger partial charge in [-0.2, -0.15) is 10.4 Å². The zero-order valence-corrected chi connectivity index (χ0v) is 16.5. The number of nitriles is 1. The Hall–Kier alpha value is -4.37. The van der Waals surface area contributed by atoms with Crippen molar-refractivity contribution >= 4 is 5.69 Å². The standard InChI is InChI=1S/C19H17N7O5/c1-29-9-13-17-16(12(6-20)18(21)31-19(17)24-23-13)10-3-4-15(30-2)14(5-10)25-8-11(7-22-25)26(27)28/h3-5,7-8,16H,9,21H2,1-2H3,(H,23,24). The molecule has 0 amide bonds. The lowest BCUT2D eigenvalue weighted by molar-refractivity contribution is -0.384. The number of nitrogens with zero attached hydrogens (tertiary/aromatic N) is 5. The van der Waals surface area contributed by atoms with Crippen LogP contribution in [-0.2, 0) is 11.3 Å². The maximum Gasteiger partial charge on any atom is 0.307 e. The van der Waals surface area contributed by atoms with E-state index in [1.54, 1.807) is 18.2 Å². The van der Waals surface area contributed by atoms with Crippen molar-refractivity contribution in [3.8, 4) is 23.4 Å². The number of hydrogen-bond acceptors (Lipinski definition) is 9. The van der Waals surface area contributed by atoms with Gasteiger partial charge >= 0.3 is 5.69 Å². The van der Waals surface area contributed by atoms with Crippen molar-refractivity contribution in [2.45, 2.75) is 12.5 Å². The van der Waals surface area contributed by atoms with Gasteiger partial charge in [0.15, 0.2) is 0 Å². The van der Waals surface area contributed by atoms with E-state index in [0.29, 0.717) is 28.3 Å². The zero-order valence-electron chi connectivity index (χ0n) is 16.5. The fraction of sp³-hybridized carbons (Fsp3) is 0.211. The van der Waals surface area contributed by atoms with Gasteiger partial charge in [0.1, 0.15) is 35.5 Å². The first-order chi connectivity index (χ1) is 15.0. The molecule has 0 aliphatic carbocycles. The summed E-state index contributed by atoms with van der Waals surface area (Å²) in [6.45, 7) is 0.217. The molecule has 0 fully saturated rings. The van der Waals surface area contributed by atoms with Crippen molar-refractivity contribution in [3.05, 3.63) is 69.0 Å². The molecule has 3 N–H and O–H groups in total. The van der Waals surface area contributed by atoms with Crippen LogP contribution in [0.4, 0.5) is 5.69 Å². The quantitative estimate of drug-likeness (QED) is 0.444. The molecule has 158 valence electrons. The molecular weight excluding hydrogens is 406 g/mol. The number of methoxy groups -OCH3 is 2. The third-order valence-electron chi connectivity index (χ3n) is 4.87. The monoisotopic (exact) mass is 423 g/mol. The van der Waals surface area contributed by atoms with Gasteiger partial charge < -0.3 is 19.9 Å². The first kappa shape index (κ1) is 19.9. The highest BCUT2D eigenvalue weighted by molar-refractivity contribution is 5.59. The molecule has 12 nitrogen and oxygen atoms in total. The van der Waals surface area contributed by atoms with Gasteiger partial charge in [0, 0.05) is 7.11 Å². The van der Waals surface area contributed by atoms with E-state index < -0.39 is 10.8 Å². The van der Waals surface area contributed by atoms with Crippen molar-refractivity contribution < 1.29 is 19.1 Å². The highest BCUT2D eigenvalue weighted by Crippen LogP contribution is 2.44. The second kappa shape index (κ2) is 7.81. The molecule has 1 atom stereocenters. The topological polar surface area (TPSA) is 167 Å². The number of aromatic nitrogens is 4. The summed E-state index contributed by atoms with van der Waals surface area (Å²) in [6, 6.07) is 7.30. The normalized spacial score (nSPS) is 15.2. The van der Waals surface area contributed by atoms with Crippen molar-refractivity contribution in [1.29, 1.82) is 5.26 Å². The van der Waals surface area contributed by atoms with Gasteiger partial charge in [-0.15, -0.1) is 5.10 Å². The van der Waals surface area contributed by atoms with Gasteiger partial charge in [0.25, 0.3) is 0 Å². The van der Waals surface area contributed by atoms with Gasteiger partial charge in [0.05, 0.1) is 35.8 Å². The van der Waals surface area contributed by atoms with Crippen LogP contribution in [0.15, 0.2) is 42.0 Å². The summed E-state index contributed by atoms with van der Waals surface area (Å²) in [7, 11) is 3.02. The lowest BCUT2D eigenvalue weighted by atomic mass is 9.84. The molecule has 1 aromatic carbocycles. The van der Waals surface area contributed by atoms with Gasteiger partial charge in [0.2, 0.25) is 11.8 Å². The van der Waals surface area contributed by atoms with Crippen LogP contribution in [0.1, 0.15) is 22.7 Å². The van der Waals surface area contributed by atoms with Crippen molar-refractivity contribution in [3.63, 3.8) is 0 Å². The average Bonchev–Trinajstić information content (AvgIpc) is 3.40. The van der Waals surface area contributed by atoms with E-state index in [0.717, 1.165) is 6.20 Å². The molecule has 1 unspecified atom stereocenters. The molecule has 3 heterocycles. The molecule has 1 aliphatic rings. The molecule has 2 aromatic heterocycles. The largest absolute Gasteiger partial charge is 0.494 e. The summed E-state index contributed by atoms with van der Waals surface area (Å²) in [6.07, 6.45) is 2.42. The Morgan fingerprint density at radius 2 is 2.26 bits per heavy atom. The Morgan fingerprint density at radius 1 is 1.45 bits per heavy atom. The van der Waals surface area contributed by atoms with Crippen LogP contribution < -0.4 is 15.2 Å². The van der Waals surface area contributed by atoms with Crippen LogP contribution in [-0.4, -0.2) is 39.1 Å². The molecule has 0 saturated heterocycles.